The van der Waals surface area contributed by atoms with Gasteiger partial charge in [0.25, 0.3) is 0 Å². The van der Waals surface area contributed by atoms with Gasteiger partial charge in [-0.1, -0.05) is 44.5 Å². The Labute approximate surface area is 126 Å². The van der Waals surface area contributed by atoms with Crippen molar-refractivity contribution in [3.8, 4) is 10.6 Å². The number of rotatable bonds is 7. The summed E-state index contributed by atoms with van der Waals surface area (Å²) in [6.45, 7) is 8.60. The van der Waals surface area contributed by atoms with Crippen molar-refractivity contribution in [2.24, 2.45) is 0 Å². The Kier molecular flexibility index (Phi) is 5.74. The Morgan fingerprint density at radius 2 is 1.95 bits per heavy atom. The van der Waals surface area contributed by atoms with Crippen LogP contribution in [0.4, 0.5) is 0 Å². The molecule has 0 aliphatic carbocycles. The SMILES string of the molecule is CCCNCc1sc(-c2ccccc2C)nc1CCC. The van der Waals surface area contributed by atoms with Crippen LogP contribution in [0.2, 0.25) is 0 Å². The monoisotopic (exact) mass is 288 g/mol. The first kappa shape index (κ1) is 15.2. The molecule has 0 saturated heterocycles. The molecule has 108 valence electrons. The summed E-state index contributed by atoms with van der Waals surface area (Å²) >= 11 is 1.84. The van der Waals surface area contributed by atoms with Gasteiger partial charge in [0.2, 0.25) is 0 Å². The van der Waals surface area contributed by atoms with E-state index in [2.05, 4.69) is 50.4 Å². The van der Waals surface area contributed by atoms with Crippen molar-refractivity contribution >= 4 is 11.3 Å². The molecule has 0 unspecified atom stereocenters. The molecule has 3 heteroatoms. The number of nitrogens with zero attached hydrogens (tertiary/aromatic N) is 1. The van der Waals surface area contributed by atoms with Crippen molar-refractivity contribution in [1.82, 2.24) is 10.3 Å². The van der Waals surface area contributed by atoms with Gasteiger partial charge < -0.3 is 5.32 Å². The number of aryl methyl sites for hydroxylation is 2. The van der Waals surface area contributed by atoms with Gasteiger partial charge in [-0.25, -0.2) is 4.98 Å². The van der Waals surface area contributed by atoms with Gasteiger partial charge in [-0.2, -0.15) is 0 Å². The van der Waals surface area contributed by atoms with Gasteiger partial charge in [-0.15, -0.1) is 11.3 Å². The lowest BCUT2D eigenvalue weighted by Gasteiger charge is -2.02. The van der Waals surface area contributed by atoms with Crippen LogP contribution in [0.15, 0.2) is 24.3 Å². The fourth-order valence-electron chi connectivity index (χ4n) is 2.26. The molecule has 1 aromatic carbocycles. The molecule has 0 spiro atoms. The molecular weight excluding hydrogens is 264 g/mol. The number of nitrogens with one attached hydrogen (secondary N) is 1. The third-order valence-corrected chi connectivity index (χ3v) is 4.48. The zero-order valence-electron chi connectivity index (χ0n) is 12.7. The number of aromatic nitrogens is 1. The molecule has 0 atom stereocenters. The molecule has 0 aliphatic rings. The van der Waals surface area contributed by atoms with Gasteiger partial charge in [-0.05, 0) is 31.9 Å². The van der Waals surface area contributed by atoms with Crippen molar-refractivity contribution in [1.29, 1.82) is 0 Å². The van der Waals surface area contributed by atoms with Crippen LogP contribution in [0.25, 0.3) is 10.6 Å². The minimum atomic E-state index is 0.951. The van der Waals surface area contributed by atoms with Gasteiger partial charge in [0.1, 0.15) is 5.01 Å². The molecular formula is C17H24N2S. The molecule has 20 heavy (non-hydrogen) atoms. The summed E-state index contributed by atoms with van der Waals surface area (Å²) in [6, 6.07) is 8.51. The second kappa shape index (κ2) is 7.55. The van der Waals surface area contributed by atoms with Crippen LogP contribution in [0.1, 0.15) is 42.8 Å². The number of thiazole rings is 1. The largest absolute Gasteiger partial charge is 0.312 e. The van der Waals surface area contributed by atoms with Gasteiger partial charge >= 0.3 is 0 Å². The van der Waals surface area contributed by atoms with Crippen LogP contribution in [0, 0.1) is 6.92 Å². The van der Waals surface area contributed by atoms with E-state index in [1.165, 1.54) is 33.1 Å². The van der Waals surface area contributed by atoms with Crippen LogP contribution < -0.4 is 5.32 Å². The maximum atomic E-state index is 4.89. The molecule has 1 heterocycles. The molecule has 2 aromatic rings. The molecule has 0 saturated carbocycles. The van der Waals surface area contributed by atoms with Crippen molar-refractivity contribution in [2.45, 2.75) is 46.6 Å². The van der Waals surface area contributed by atoms with E-state index < -0.39 is 0 Å². The highest BCUT2D eigenvalue weighted by molar-refractivity contribution is 7.15. The fraction of sp³-hybridized carbons (Fsp3) is 0.471. The third-order valence-electron chi connectivity index (χ3n) is 3.35. The molecule has 0 aliphatic heterocycles. The Hall–Kier alpha value is -1.19. The summed E-state index contributed by atoms with van der Waals surface area (Å²) < 4.78 is 0. The molecule has 2 rings (SSSR count). The van der Waals surface area contributed by atoms with Crippen molar-refractivity contribution < 1.29 is 0 Å². The predicted molar refractivity (Wildman–Crippen MR) is 88.3 cm³/mol. The Bertz CT molecular complexity index is 546. The highest BCUT2D eigenvalue weighted by Gasteiger charge is 2.12. The van der Waals surface area contributed by atoms with Crippen LogP contribution >= 0.6 is 11.3 Å². The second-order valence-corrected chi connectivity index (χ2v) is 6.21. The lowest BCUT2D eigenvalue weighted by molar-refractivity contribution is 0.674. The van der Waals surface area contributed by atoms with E-state index in [0.29, 0.717) is 0 Å². The molecule has 0 radical (unpaired) electrons. The fourth-order valence-corrected chi connectivity index (χ4v) is 3.43. The van der Waals surface area contributed by atoms with E-state index in [-0.39, 0.29) is 0 Å². The van der Waals surface area contributed by atoms with Crippen LogP contribution in [-0.2, 0) is 13.0 Å². The topological polar surface area (TPSA) is 24.9 Å². The summed E-state index contributed by atoms with van der Waals surface area (Å²) in [5.74, 6) is 0. The predicted octanol–water partition coefficient (Wildman–Crippen LogP) is 4.57. The number of hydrogen-bond acceptors (Lipinski definition) is 3. The molecule has 1 N–H and O–H groups in total. The smallest absolute Gasteiger partial charge is 0.124 e. The van der Waals surface area contributed by atoms with Crippen molar-refractivity contribution in [2.75, 3.05) is 6.54 Å². The maximum Gasteiger partial charge on any atom is 0.124 e. The first-order valence-corrected chi connectivity index (χ1v) is 8.33. The Morgan fingerprint density at radius 3 is 2.65 bits per heavy atom. The first-order chi connectivity index (χ1) is 9.76. The summed E-state index contributed by atoms with van der Waals surface area (Å²) in [5, 5.41) is 4.67. The zero-order valence-corrected chi connectivity index (χ0v) is 13.5. The lowest BCUT2D eigenvalue weighted by Crippen LogP contribution is -2.13. The highest BCUT2D eigenvalue weighted by Crippen LogP contribution is 2.30. The maximum absolute atomic E-state index is 4.89. The molecule has 0 amide bonds. The summed E-state index contributed by atoms with van der Waals surface area (Å²) in [5.41, 5.74) is 3.85. The van der Waals surface area contributed by atoms with Crippen molar-refractivity contribution in [3.63, 3.8) is 0 Å². The quantitative estimate of drug-likeness (QED) is 0.755. The van der Waals surface area contributed by atoms with Crippen LogP contribution in [-0.4, -0.2) is 11.5 Å². The Balaban J connectivity index is 2.26. The zero-order chi connectivity index (χ0) is 14.4. The van der Waals surface area contributed by atoms with Gasteiger partial charge in [0.05, 0.1) is 5.69 Å². The summed E-state index contributed by atoms with van der Waals surface area (Å²) in [4.78, 5) is 6.29. The van der Waals surface area contributed by atoms with E-state index in [9.17, 15) is 0 Å². The van der Waals surface area contributed by atoms with E-state index >= 15 is 0 Å². The van der Waals surface area contributed by atoms with E-state index in [0.717, 1.165) is 25.9 Å². The summed E-state index contributed by atoms with van der Waals surface area (Å²) in [6.07, 6.45) is 3.40. The molecule has 2 nitrogen and oxygen atoms in total. The summed E-state index contributed by atoms with van der Waals surface area (Å²) in [7, 11) is 0. The molecule has 0 bridgehead atoms. The first-order valence-electron chi connectivity index (χ1n) is 7.51. The average molecular weight is 288 g/mol. The third kappa shape index (κ3) is 3.68. The minimum Gasteiger partial charge on any atom is -0.312 e. The van der Waals surface area contributed by atoms with Crippen LogP contribution in [0.5, 0.6) is 0 Å². The Morgan fingerprint density at radius 1 is 1.15 bits per heavy atom. The number of hydrogen-bond donors (Lipinski definition) is 1. The lowest BCUT2D eigenvalue weighted by atomic mass is 10.1. The standard InChI is InChI=1S/C17H24N2S/c1-4-8-15-16(12-18-11-5-2)20-17(19-15)14-10-7-6-9-13(14)3/h6-7,9-10,18H,4-5,8,11-12H2,1-3H3. The van der Waals surface area contributed by atoms with Gasteiger partial charge in [0, 0.05) is 17.0 Å². The molecule has 1 aromatic heterocycles. The molecule has 0 fully saturated rings. The minimum absolute atomic E-state index is 0.951. The second-order valence-electron chi connectivity index (χ2n) is 5.13. The van der Waals surface area contributed by atoms with E-state index in [4.69, 9.17) is 4.98 Å². The van der Waals surface area contributed by atoms with E-state index in [1.807, 2.05) is 11.3 Å². The van der Waals surface area contributed by atoms with Gasteiger partial charge in [-0.3, -0.25) is 0 Å². The van der Waals surface area contributed by atoms with Crippen LogP contribution in [0.3, 0.4) is 0 Å². The van der Waals surface area contributed by atoms with Crippen molar-refractivity contribution in [3.05, 3.63) is 40.4 Å². The number of benzene rings is 1. The normalized spacial score (nSPS) is 10.9. The highest BCUT2D eigenvalue weighted by atomic mass is 32.1. The van der Waals surface area contributed by atoms with Gasteiger partial charge in [0.15, 0.2) is 0 Å². The van der Waals surface area contributed by atoms with E-state index in [1.54, 1.807) is 0 Å². The average Bonchev–Trinajstić information content (AvgIpc) is 2.83.